The maximum atomic E-state index is 13.0. The predicted molar refractivity (Wildman–Crippen MR) is 111 cm³/mol. The van der Waals surface area contributed by atoms with Gasteiger partial charge in [-0.2, -0.15) is 4.31 Å². The molecule has 1 aromatic carbocycles. The molecule has 0 radical (unpaired) electrons. The molecule has 2 aromatic rings. The van der Waals surface area contributed by atoms with Crippen molar-refractivity contribution in [3.05, 3.63) is 35.9 Å². The van der Waals surface area contributed by atoms with Gasteiger partial charge in [-0.1, -0.05) is 19.1 Å². The van der Waals surface area contributed by atoms with Crippen LogP contribution in [0.1, 0.15) is 38.2 Å². The van der Waals surface area contributed by atoms with E-state index in [9.17, 15) is 8.42 Å². The fourth-order valence-corrected chi connectivity index (χ4v) is 5.76. The molecule has 0 spiro atoms. The average molecular weight is 401 g/mol. The van der Waals surface area contributed by atoms with Gasteiger partial charge in [-0.25, -0.2) is 8.42 Å². The predicted octanol–water partition coefficient (Wildman–Crippen LogP) is 3.47. The molecule has 150 valence electrons. The number of sulfonamides is 1. The zero-order valence-electron chi connectivity index (χ0n) is 16.6. The molecule has 7 heteroatoms. The summed E-state index contributed by atoms with van der Waals surface area (Å²) in [5.41, 5.74) is 2.25. The Kier molecular flexibility index (Phi) is 5.38. The number of nitrogens with zero attached hydrogens (tertiary/aromatic N) is 4. The summed E-state index contributed by atoms with van der Waals surface area (Å²) in [4.78, 5) is 2.65. The van der Waals surface area contributed by atoms with Crippen molar-refractivity contribution in [2.75, 3.05) is 31.1 Å². The molecule has 3 heterocycles. The maximum absolute atomic E-state index is 13.0. The van der Waals surface area contributed by atoms with Crippen molar-refractivity contribution in [3.63, 3.8) is 0 Å². The molecular formula is C21H28N4O2S. The monoisotopic (exact) mass is 400 g/mol. The van der Waals surface area contributed by atoms with E-state index in [1.54, 1.807) is 10.4 Å². The van der Waals surface area contributed by atoms with Crippen LogP contribution < -0.4 is 4.90 Å². The second-order valence-electron chi connectivity index (χ2n) is 8.04. The second-order valence-corrected chi connectivity index (χ2v) is 9.94. The summed E-state index contributed by atoms with van der Waals surface area (Å²) in [6.45, 7) is 7.37. The number of anilines is 1. The molecule has 1 aromatic heterocycles. The molecule has 0 aliphatic carbocycles. The lowest BCUT2D eigenvalue weighted by molar-refractivity contribution is 0.436. The quantitative estimate of drug-likeness (QED) is 0.786. The van der Waals surface area contributed by atoms with E-state index >= 15 is 0 Å². The second kappa shape index (κ2) is 7.79. The van der Waals surface area contributed by atoms with Crippen molar-refractivity contribution in [2.24, 2.45) is 5.92 Å². The first-order valence-electron chi connectivity index (χ1n) is 10.1. The third kappa shape index (κ3) is 3.78. The Morgan fingerprint density at radius 3 is 2.32 bits per heavy atom. The number of aromatic nitrogens is 2. The minimum Gasteiger partial charge on any atom is -0.355 e. The molecule has 0 amide bonds. The number of benzene rings is 1. The molecule has 6 nitrogen and oxygen atoms in total. The van der Waals surface area contributed by atoms with Crippen LogP contribution in [0.25, 0.3) is 11.3 Å². The Morgan fingerprint density at radius 2 is 1.68 bits per heavy atom. The highest BCUT2D eigenvalue weighted by Gasteiger charge is 2.29. The van der Waals surface area contributed by atoms with E-state index in [1.807, 2.05) is 31.2 Å². The van der Waals surface area contributed by atoms with Gasteiger partial charge in [0.1, 0.15) is 0 Å². The molecule has 0 unspecified atom stereocenters. The Balaban J connectivity index is 1.59. The van der Waals surface area contributed by atoms with Crippen molar-refractivity contribution in [1.29, 1.82) is 0 Å². The van der Waals surface area contributed by atoms with Crippen molar-refractivity contribution in [2.45, 2.75) is 44.4 Å². The highest BCUT2D eigenvalue weighted by Crippen LogP contribution is 2.29. The Labute approximate surface area is 167 Å². The average Bonchev–Trinajstić information content (AvgIpc) is 3.25. The molecule has 2 aliphatic rings. The normalized spacial score (nSPS) is 19.3. The summed E-state index contributed by atoms with van der Waals surface area (Å²) >= 11 is 0. The first-order chi connectivity index (χ1) is 13.4. The fraction of sp³-hybridized carbons (Fsp3) is 0.524. The van der Waals surface area contributed by atoms with Crippen molar-refractivity contribution in [1.82, 2.24) is 14.5 Å². The molecule has 0 bridgehead atoms. The summed E-state index contributed by atoms with van der Waals surface area (Å²) in [6, 6.07) is 9.46. The Hall–Kier alpha value is -1.99. The van der Waals surface area contributed by atoms with Gasteiger partial charge in [0.15, 0.2) is 5.82 Å². The van der Waals surface area contributed by atoms with E-state index in [0.29, 0.717) is 23.7 Å². The van der Waals surface area contributed by atoms with E-state index in [4.69, 9.17) is 0 Å². The zero-order chi connectivity index (χ0) is 19.7. The van der Waals surface area contributed by atoms with E-state index in [0.717, 1.165) is 48.8 Å². The molecule has 2 saturated heterocycles. The summed E-state index contributed by atoms with van der Waals surface area (Å²) in [5, 5.41) is 8.80. The van der Waals surface area contributed by atoms with E-state index in [-0.39, 0.29) is 0 Å². The van der Waals surface area contributed by atoms with Crippen LogP contribution in [-0.4, -0.2) is 49.1 Å². The van der Waals surface area contributed by atoms with Gasteiger partial charge in [-0.3, -0.25) is 0 Å². The van der Waals surface area contributed by atoms with Gasteiger partial charge in [0, 0.05) is 31.7 Å². The summed E-state index contributed by atoms with van der Waals surface area (Å²) < 4.78 is 27.6. The molecule has 28 heavy (non-hydrogen) atoms. The number of hydrogen-bond acceptors (Lipinski definition) is 5. The van der Waals surface area contributed by atoms with Crippen molar-refractivity contribution in [3.8, 4) is 11.3 Å². The minimum absolute atomic E-state index is 0.378. The maximum Gasteiger partial charge on any atom is 0.243 e. The van der Waals surface area contributed by atoms with Crippen LogP contribution in [0.3, 0.4) is 0 Å². The van der Waals surface area contributed by atoms with Gasteiger partial charge in [0.2, 0.25) is 10.0 Å². The molecule has 2 fully saturated rings. The van der Waals surface area contributed by atoms with Gasteiger partial charge >= 0.3 is 0 Å². The zero-order valence-corrected chi connectivity index (χ0v) is 17.5. The summed E-state index contributed by atoms with van der Waals surface area (Å²) in [7, 11) is -3.45. The Morgan fingerprint density at radius 1 is 0.964 bits per heavy atom. The Bertz CT molecular complexity index is 929. The van der Waals surface area contributed by atoms with Crippen molar-refractivity contribution < 1.29 is 8.42 Å². The number of hydrogen-bond donors (Lipinski definition) is 0. The topological polar surface area (TPSA) is 66.4 Å². The molecule has 0 saturated carbocycles. The van der Waals surface area contributed by atoms with E-state index in [1.165, 1.54) is 12.8 Å². The number of piperidine rings is 1. The third-order valence-electron chi connectivity index (χ3n) is 5.92. The number of aryl methyl sites for hydroxylation is 1. The first kappa shape index (κ1) is 19.3. The SMILES string of the molecule is Cc1ccc(-c2ccc(N3CCC(C)CC3)nn2)cc1S(=O)(=O)N1CCCC1. The van der Waals surface area contributed by atoms with Gasteiger partial charge in [-0.05, 0) is 62.3 Å². The van der Waals surface area contributed by atoms with Crippen molar-refractivity contribution >= 4 is 15.8 Å². The molecular weight excluding hydrogens is 372 g/mol. The van der Waals surface area contributed by atoms with Crippen LogP contribution in [0, 0.1) is 12.8 Å². The molecule has 4 rings (SSSR count). The van der Waals surface area contributed by atoms with Crippen LogP contribution in [-0.2, 0) is 10.0 Å². The van der Waals surface area contributed by atoms with Gasteiger partial charge in [-0.15, -0.1) is 10.2 Å². The lowest BCUT2D eigenvalue weighted by Gasteiger charge is -2.30. The molecule has 0 N–H and O–H groups in total. The third-order valence-corrected chi connectivity index (χ3v) is 7.97. The highest BCUT2D eigenvalue weighted by molar-refractivity contribution is 7.89. The lowest BCUT2D eigenvalue weighted by atomic mass is 9.99. The van der Waals surface area contributed by atoms with Gasteiger partial charge < -0.3 is 4.90 Å². The molecule has 0 atom stereocenters. The molecule has 2 aliphatic heterocycles. The highest BCUT2D eigenvalue weighted by atomic mass is 32.2. The summed E-state index contributed by atoms with van der Waals surface area (Å²) in [5.74, 6) is 1.67. The van der Waals surface area contributed by atoms with E-state index in [2.05, 4.69) is 22.0 Å². The number of rotatable bonds is 4. The smallest absolute Gasteiger partial charge is 0.243 e. The largest absolute Gasteiger partial charge is 0.355 e. The first-order valence-corrected chi connectivity index (χ1v) is 11.6. The van der Waals surface area contributed by atoms with Crippen LogP contribution in [0.2, 0.25) is 0 Å². The lowest BCUT2D eigenvalue weighted by Crippen LogP contribution is -2.33. The van der Waals surface area contributed by atoms with E-state index < -0.39 is 10.0 Å². The van der Waals surface area contributed by atoms with Crippen LogP contribution in [0.15, 0.2) is 35.2 Å². The van der Waals surface area contributed by atoms with Crippen LogP contribution in [0.5, 0.6) is 0 Å². The standard InChI is InChI=1S/C21H28N4O2S/c1-16-9-13-24(14-10-16)21-8-7-19(22-23-21)18-6-5-17(2)20(15-18)28(26,27)25-11-3-4-12-25/h5-8,15-16H,3-4,9-14H2,1-2H3. The van der Waals surface area contributed by atoms with Gasteiger partial charge in [0.25, 0.3) is 0 Å². The fourth-order valence-electron chi connectivity index (χ4n) is 3.99. The minimum atomic E-state index is -3.45. The van der Waals surface area contributed by atoms with Crippen LogP contribution >= 0.6 is 0 Å². The summed E-state index contributed by atoms with van der Waals surface area (Å²) in [6.07, 6.45) is 4.22. The van der Waals surface area contributed by atoms with Gasteiger partial charge in [0.05, 0.1) is 10.6 Å². The van der Waals surface area contributed by atoms with Crippen LogP contribution in [0.4, 0.5) is 5.82 Å².